The predicted octanol–water partition coefficient (Wildman–Crippen LogP) is 4.47. The van der Waals surface area contributed by atoms with Gasteiger partial charge in [0.2, 0.25) is 0 Å². The van der Waals surface area contributed by atoms with Gasteiger partial charge in [-0.25, -0.2) is 9.07 Å². The maximum Gasteiger partial charge on any atom is 0.261 e. The third kappa shape index (κ3) is 4.23. The molecule has 1 unspecified atom stereocenters. The zero-order chi connectivity index (χ0) is 22.8. The number of H-pyrrole nitrogens is 1. The molecule has 0 aliphatic heterocycles. The molecule has 0 radical (unpaired) electrons. The van der Waals surface area contributed by atoms with Gasteiger partial charge in [0, 0.05) is 17.0 Å². The van der Waals surface area contributed by atoms with Crippen LogP contribution < -0.4 is 10.9 Å². The van der Waals surface area contributed by atoms with Crippen LogP contribution in [0.1, 0.15) is 40.1 Å². The second-order valence-corrected chi connectivity index (χ2v) is 7.75. The SMILES string of the molecule is Cc1cccc(-c2ccc(C(=O)NC(C)c3cnn(-c4ccc(F)cc4)c3C)c(=O)[nH]2)c1. The van der Waals surface area contributed by atoms with Crippen molar-refractivity contribution >= 4 is 5.91 Å². The number of amides is 1. The minimum absolute atomic E-state index is 0.0387. The molecule has 2 heterocycles. The van der Waals surface area contributed by atoms with Crippen LogP contribution in [-0.4, -0.2) is 20.7 Å². The van der Waals surface area contributed by atoms with E-state index >= 15 is 0 Å². The molecule has 0 aliphatic rings. The number of aromatic nitrogens is 3. The van der Waals surface area contributed by atoms with Crippen LogP contribution in [0.2, 0.25) is 0 Å². The van der Waals surface area contributed by atoms with E-state index in [1.807, 2.05) is 45.0 Å². The van der Waals surface area contributed by atoms with Crippen LogP contribution in [0.25, 0.3) is 16.9 Å². The number of rotatable bonds is 5. The minimum atomic E-state index is -0.469. The lowest BCUT2D eigenvalue weighted by molar-refractivity contribution is 0.0938. The number of carbonyl (C=O) groups is 1. The van der Waals surface area contributed by atoms with Crippen LogP contribution in [0, 0.1) is 19.7 Å². The maximum atomic E-state index is 13.2. The van der Waals surface area contributed by atoms with E-state index in [4.69, 9.17) is 0 Å². The first-order chi connectivity index (χ1) is 15.3. The lowest BCUT2D eigenvalue weighted by Crippen LogP contribution is -2.31. The monoisotopic (exact) mass is 430 g/mol. The molecule has 32 heavy (non-hydrogen) atoms. The summed E-state index contributed by atoms with van der Waals surface area (Å²) in [6.45, 7) is 5.68. The summed E-state index contributed by atoms with van der Waals surface area (Å²) in [6.07, 6.45) is 1.66. The molecule has 0 spiro atoms. The minimum Gasteiger partial charge on any atom is -0.345 e. The van der Waals surface area contributed by atoms with E-state index in [1.165, 1.54) is 18.2 Å². The first-order valence-corrected chi connectivity index (χ1v) is 10.2. The number of benzene rings is 2. The molecule has 1 atom stereocenters. The summed E-state index contributed by atoms with van der Waals surface area (Å²) in [4.78, 5) is 28.1. The number of halogens is 1. The summed E-state index contributed by atoms with van der Waals surface area (Å²) >= 11 is 0. The lowest BCUT2D eigenvalue weighted by Gasteiger charge is -2.14. The Kier molecular flexibility index (Phi) is 5.73. The van der Waals surface area contributed by atoms with Crippen molar-refractivity contribution in [2.75, 3.05) is 0 Å². The predicted molar refractivity (Wildman–Crippen MR) is 121 cm³/mol. The molecule has 4 aromatic rings. The molecule has 1 amide bonds. The number of carbonyl (C=O) groups excluding carboxylic acids is 1. The van der Waals surface area contributed by atoms with Gasteiger partial charge in [0.05, 0.1) is 17.9 Å². The fourth-order valence-corrected chi connectivity index (χ4v) is 3.68. The van der Waals surface area contributed by atoms with Crippen molar-refractivity contribution in [3.8, 4) is 16.9 Å². The van der Waals surface area contributed by atoms with Crippen LogP contribution >= 0.6 is 0 Å². The third-order valence-corrected chi connectivity index (χ3v) is 5.42. The maximum absolute atomic E-state index is 13.2. The zero-order valence-corrected chi connectivity index (χ0v) is 18.0. The highest BCUT2D eigenvalue weighted by Gasteiger charge is 2.19. The smallest absolute Gasteiger partial charge is 0.261 e. The molecule has 7 heteroatoms. The van der Waals surface area contributed by atoms with Crippen LogP contribution in [0.15, 0.2) is 71.7 Å². The Morgan fingerprint density at radius 1 is 1.09 bits per heavy atom. The van der Waals surface area contributed by atoms with Crippen molar-refractivity contribution in [1.82, 2.24) is 20.1 Å². The fourth-order valence-electron chi connectivity index (χ4n) is 3.68. The Morgan fingerprint density at radius 3 is 2.53 bits per heavy atom. The van der Waals surface area contributed by atoms with E-state index in [9.17, 15) is 14.0 Å². The third-order valence-electron chi connectivity index (χ3n) is 5.42. The number of nitrogens with one attached hydrogen (secondary N) is 2. The Labute approximate surface area is 184 Å². The van der Waals surface area contributed by atoms with E-state index < -0.39 is 11.5 Å². The normalized spacial score (nSPS) is 11.9. The van der Waals surface area contributed by atoms with E-state index in [1.54, 1.807) is 29.1 Å². The zero-order valence-electron chi connectivity index (χ0n) is 18.0. The fraction of sp³-hybridized carbons (Fsp3) is 0.160. The van der Waals surface area contributed by atoms with Crippen molar-refractivity contribution in [2.24, 2.45) is 0 Å². The molecule has 0 fully saturated rings. The Hall–Kier alpha value is -4.00. The topological polar surface area (TPSA) is 79.8 Å². The number of hydrogen-bond acceptors (Lipinski definition) is 3. The van der Waals surface area contributed by atoms with Gasteiger partial charge < -0.3 is 10.3 Å². The number of aromatic amines is 1. The van der Waals surface area contributed by atoms with Crippen molar-refractivity contribution in [1.29, 1.82) is 0 Å². The molecule has 2 N–H and O–H groups in total. The quantitative estimate of drug-likeness (QED) is 0.490. The van der Waals surface area contributed by atoms with Crippen molar-refractivity contribution < 1.29 is 9.18 Å². The molecule has 2 aromatic carbocycles. The van der Waals surface area contributed by atoms with Gasteiger partial charge in [-0.15, -0.1) is 0 Å². The first kappa shape index (κ1) is 21.2. The van der Waals surface area contributed by atoms with Gasteiger partial charge in [-0.2, -0.15) is 5.10 Å². The Morgan fingerprint density at radius 2 is 1.84 bits per heavy atom. The van der Waals surface area contributed by atoms with Gasteiger partial charge in [-0.1, -0.05) is 23.8 Å². The van der Waals surface area contributed by atoms with Crippen molar-refractivity contribution in [3.63, 3.8) is 0 Å². The van der Waals surface area contributed by atoms with Crippen molar-refractivity contribution in [2.45, 2.75) is 26.8 Å². The van der Waals surface area contributed by atoms with Gasteiger partial charge in [-0.05, 0) is 68.8 Å². The van der Waals surface area contributed by atoms with Crippen LogP contribution in [-0.2, 0) is 0 Å². The standard InChI is InChI=1S/C25H23FN4O2/c1-15-5-4-6-18(13-15)23-12-11-21(25(32)29-23)24(31)28-16(2)22-14-27-30(17(22)3)20-9-7-19(26)8-10-20/h4-14,16H,1-3H3,(H,28,31)(H,29,32). The van der Waals surface area contributed by atoms with Crippen LogP contribution in [0.3, 0.4) is 0 Å². The van der Waals surface area contributed by atoms with Crippen molar-refractivity contribution in [3.05, 3.63) is 105 Å². The van der Waals surface area contributed by atoms with E-state index in [0.717, 1.165) is 28.1 Å². The first-order valence-electron chi connectivity index (χ1n) is 10.2. The van der Waals surface area contributed by atoms with E-state index in [2.05, 4.69) is 15.4 Å². The van der Waals surface area contributed by atoms with Gasteiger partial charge in [-0.3, -0.25) is 9.59 Å². The summed E-state index contributed by atoms with van der Waals surface area (Å²) in [7, 11) is 0. The number of nitrogens with zero attached hydrogens (tertiary/aromatic N) is 2. The average molecular weight is 430 g/mol. The van der Waals surface area contributed by atoms with Crippen LogP contribution in [0.5, 0.6) is 0 Å². The molecule has 0 saturated heterocycles. The summed E-state index contributed by atoms with van der Waals surface area (Å²) in [6, 6.07) is 16.7. The van der Waals surface area contributed by atoms with Gasteiger partial charge in [0.1, 0.15) is 11.4 Å². The number of aryl methyl sites for hydroxylation is 1. The Bertz CT molecular complexity index is 1340. The summed E-state index contributed by atoms with van der Waals surface area (Å²) in [5.41, 5.74) is 4.53. The lowest BCUT2D eigenvalue weighted by atomic mass is 10.1. The molecule has 162 valence electrons. The van der Waals surface area contributed by atoms with E-state index in [-0.39, 0.29) is 17.4 Å². The molecule has 6 nitrogen and oxygen atoms in total. The van der Waals surface area contributed by atoms with Gasteiger partial charge in [0.15, 0.2) is 0 Å². The highest BCUT2D eigenvalue weighted by molar-refractivity contribution is 5.94. The molecular weight excluding hydrogens is 407 g/mol. The van der Waals surface area contributed by atoms with Crippen LogP contribution in [0.4, 0.5) is 4.39 Å². The number of pyridine rings is 1. The molecular formula is C25H23FN4O2. The molecule has 0 aliphatic carbocycles. The summed E-state index contributed by atoms with van der Waals surface area (Å²) < 4.78 is 14.9. The second kappa shape index (κ2) is 8.63. The highest BCUT2D eigenvalue weighted by Crippen LogP contribution is 2.21. The van der Waals surface area contributed by atoms with E-state index in [0.29, 0.717) is 5.69 Å². The molecule has 2 aromatic heterocycles. The largest absolute Gasteiger partial charge is 0.345 e. The Balaban J connectivity index is 1.53. The van der Waals surface area contributed by atoms with Gasteiger partial charge >= 0.3 is 0 Å². The number of hydrogen-bond donors (Lipinski definition) is 2. The molecule has 4 rings (SSSR count). The van der Waals surface area contributed by atoms with Gasteiger partial charge in [0.25, 0.3) is 11.5 Å². The summed E-state index contributed by atoms with van der Waals surface area (Å²) in [5.74, 6) is -0.790. The summed E-state index contributed by atoms with van der Waals surface area (Å²) in [5, 5.41) is 7.23. The molecule has 0 bridgehead atoms. The average Bonchev–Trinajstić information content (AvgIpc) is 3.15. The second-order valence-electron chi connectivity index (χ2n) is 7.75. The highest BCUT2D eigenvalue weighted by atomic mass is 19.1. The molecule has 0 saturated carbocycles.